The zero-order valence-electron chi connectivity index (χ0n) is 9.11. The van der Waals surface area contributed by atoms with Gasteiger partial charge in [0, 0.05) is 5.69 Å². The fourth-order valence-electron chi connectivity index (χ4n) is 0.830. The number of hydrogen-bond acceptors (Lipinski definition) is 4. The lowest BCUT2D eigenvalue weighted by Gasteiger charge is -2.16. The van der Waals surface area contributed by atoms with Crippen LogP contribution in [0.1, 0.15) is 31.1 Å². The Hall–Kier alpha value is -1.55. The van der Waals surface area contributed by atoms with E-state index in [9.17, 15) is 4.79 Å². The Balaban J connectivity index is 2.58. The molecule has 0 amide bonds. The van der Waals surface area contributed by atoms with E-state index >= 15 is 0 Å². The van der Waals surface area contributed by atoms with E-state index in [0.717, 1.165) is 0 Å². The first-order valence-corrected chi connectivity index (χ1v) is 4.64. The third-order valence-corrected chi connectivity index (χ3v) is 1.51. The zero-order valence-corrected chi connectivity index (χ0v) is 9.11. The van der Waals surface area contributed by atoms with Gasteiger partial charge in [0.05, 0.1) is 5.56 Å². The van der Waals surface area contributed by atoms with Crippen molar-refractivity contribution >= 4 is 11.7 Å². The van der Waals surface area contributed by atoms with Gasteiger partial charge >= 0.3 is 5.97 Å². The summed E-state index contributed by atoms with van der Waals surface area (Å²) in [6, 6.07) is 6.44. The molecule has 0 bridgehead atoms. The van der Waals surface area contributed by atoms with Gasteiger partial charge in [-0.3, -0.25) is 4.89 Å². The molecular weight excluding hydrogens is 194 g/mol. The predicted octanol–water partition coefficient (Wildman–Crippen LogP) is 2.16. The molecular formula is C11H15NO3. The first-order valence-electron chi connectivity index (χ1n) is 4.64. The first-order chi connectivity index (χ1) is 6.88. The van der Waals surface area contributed by atoms with Crippen molar-refractivity contribution in [1.82, 2.24) is 0 Å². The summed E-state index contributed by atoms with van der Waals surface area (Å²) in [6.45, 7) is 5.38. The van der Waals surface area contributed by atoms with Gasteiger partial charge in [0.2, 0.25) is 0 Å². The lowest BCUT2D eigenvalue weighted by Crippen LogP contribution is -2.21. The molecule has 4 heteroatoms. The molecule has 0 fully saturated rings. The lowest BCUT2D eigenvalue weighted by atomic mass is 10.2. The molecule has 0 aliphatic rings. The maximum atomic E-state index is 11.4. The van der Waals surface area contributed by atoms with Crippen molar-refractivity contribution in [3.63, 3.8) is 0 Å². The van der Waals surface area contributed by atoms with Crippen molar-refractivity contribution in [2.24, 2.45) is 0 Å². The summed E-state index contributed by atoms with van der Waals surface area (Å²) in [5.74, 6) is -0.523. The molecule has 82 valence electrons. The van der Waals surface area contributed by atoms with Gasteiger partial charge in [0.25, 0.3) is 0 Å². The summed E-state index contributed by atoms with van der Waals surface area (Å²) < 4.78 is 0. The van der Waals surface area contributed by atoms with Gasteiger partial charge in [-0.2, -0.15) is 4.89 Å². The van der Waals surface area contributed by atoms with Gasteiger partial charge in [-0.15, -0.1) is 0 Å². The van der Waals surface area contributed by atoms with Gasteiger partial charge in [-0.1, -0.05) is 0 Å². The maximum Gasteiger partial charge on any atom is 0.373 e. The highest BCUT2D eigenvalue weighted by Crippen LogP contribution is 2.11. The van der Waals surface area contributed by atoms with Crippen molar-refractivity contribution < 1.29 is 14.6 Å². The third-order valence-electron chi connectivity index (χ3n) is 1.51. The van der Waals surface area contributed by atoms with Crippen molar-refractivity contribution in [2.45, 2.75) is 26.4 Å². The van der Waals surface area contributed by atoms with Gasteiger partial charge in [0.15, 0.2) is 0 Å². The van der Waals surface area contributed by atoms with Crippen LogP contribution in [0.25, 0.3) is 0 Å². The molecule has 0 aromatic heterocycles. The lowest BCUT2D eigenvalue weighted by molar-refractivity contribution is -0.301. The second-order valence-corrected chi connectivity index (χ2v) is 4.19. The highest BCUT2D eigenvalue weighted by Gasteiger charge is 2.16. The number of hydrogen-bond donors (Lipinski definition) is 1. The second kappa shape index (κ2) is 4.31. The van der Waals surface area contributed by atoms with Crippen LogP contribution < -0.4 is 5.73 Å². The van der Waals surface area contributed by atoms with Gasteiger partial charge in [-0.05, 0) is 45.0 Å². The van der Waals surface area contributed by atoms with E-state index in [0.29, 0.717) is 11.3 Å². The number of nitrogens with two attached hydrogens (primary N) is 1. The van der Waals surface area contributed by atoms with Crippen LogP contribution in [0.2, 0.25) is 0 Å². The highest BCUT2D eigenvalue weighted by atomic mass is 17.2. The Morgan fingerprint density at radius 2 is 1.73 bits per heavy atom. The number of carbonyl (C=O) groups excluding carboxylic acids is 1. The Morgan fingerprint density at radius 1 is 1.20 bits per heavy atom. The van der Waals surface area contributed by atoms with E-state index in [-0.39, 0.29) is 0 Å². The van der Waals surface area contributed by atoms with E-state index in [2.05, 4.69) is 4.89 Å². The fourth-order valence-corrected chi connectivity index (χ4v) is 0.830. The summed E-state index contributed by atoms with van der Waals surface area (Å²) >= 11 is 0. The molecule has 0 unspecified atom stereocenters. The van der Waals surface area contributed by atoms with Crippen LogP contribution in [0, 0.1) is 0 Å². The second-order valence-electron chi connectivity index (χ2n) is 4.19. The van der Waals surface area contributed by atoms with E-state index in [1.807, 2.05) is 0 Å². The topological polar surface area (TPSA) is 61.5 Å². The van der Waals surface area contributed by atoms with E-state index in [1.165, 1.54) is 0 Å². The zero-order chi connectivity index (χ0) is 11.5. The Kier molecular flexibility index (Phi) is 3.31. The molecule has 0 radical (unpaired) electrons. The van der Waals surface area contributed by atoms with E-state index in [4.69, 9.17) is 10.6 Å². The molecule has 0 saturated carbocycles. The first kappa shape index (κ1) is 11.5. The molecule has 0 heterocycles. The van der Waals surface area contributed by atoms with Crippen molar-refractivity contribution in [3.8, 4) is 0 Å². The maximum absolute atomic E-state index is 11.4. The Labute approximate surface area is 88.9 Å². The quantitative estimate of drug-likeness (QED) is 0.460. The van der Waals surface area contributed by atoms with Crippen LogP contribution in [0.15, 0.2) is 24.3 Å². The van der Waals surface area contributed by atoms with Gasteiger partial charge in [0.1, 0.15) is 5.60 Å². The minimum absolute atomic E-state index is 0.411. The average molecular weight is 209 g/mol. The number of anilines is 1. The van der Waals surface area contributed by atoms with Crippen LogP contribution in [0.3, 0.4) is 0 Å². The molecule has 15 heavy (non-hydrogen) atoms. The minimum atomic E-state index is -0.523. The third kappa shape index (κ3) is 3.99. The molecule has 0 saturated heterocycles. The number of benzene rings is 1. The van der Waals surface area contributed by atoms with Gasteiger partial charge in [-0.25, -0.2) is 4.79 Å². The number of carbonyl (C=O) groups is 1. The molecule has 0 aliphatic carbocycles. The molecule has 0 aliphatic heterocycles. The Bertz CT molecular complexity index is 338. The summed E-state index contributed by atoms with van der Waals surface area (Å²) in [5.41, 5.74) is 5.99. The SMILES string of the molecule is CC(C)(C)OOC(=O)c1ccc(N)cc1. The largest absolute Gasteiger partial charge is 0.399 e. The molecule has 0 atom stereocenters. The minimum Gasteiger partial charge on any atom is -0.399 e. The standard InChI is InChI=1S/C11H15NO3/c1-11(2,3)15-14-10(13)8-4-6-9(12)7-5-8/h4-7H,12H2,1-3H3. The predicted molar refractivity (Wildman–Crippen MR) is 57.1 cm³/mol. The van der Waals surface area contributed by atoms with Crippen molar-refractivity contribution in [1.29, 1.82) is 0 Å². The highest BCUT2D eigenvalue weighted by molar-refractivity contribution is 5.89. The van der Waals surface area contributed by atoms with Crippen LogP contribution in [-0.4, -0.2) is 11.6 Å². The summed E-state index contributed by atoms with van der Waals surface area (Å²) in [5, 5.41) is 0. The smallest absolute Gasteiger partial charge is 0.373 e. The van der Waals surface area contributed by atoms with Crippen LogP contribution in [0.4, 0.5) is 5.69 Å². The summed E-state index contributed by atoms with van der Waals surface area (Å²) in [7, 11) is 0. The molecule has 1 aromatic rings. The summed E-state index contributed by atoms with van der Waals surface area (Å²) in [6.07, 6.45) is 0. The fraction of sp³-hybridized carbons (Fsp3) is 0.364. The normalized spacial score (nSPS) is 11.1. The van der Waals surface area contributed by atoms with Crippen LogP contribution in [-0.2, 0) is 9.78 Å². The Morgan fingerprint density at radius 3 is 2.20 bits per heavy atom. The van der Waals surface area contributed by atoms with Crippen LogP contribution >= 0.6 is 0 Å². The molecule has 0 spiro atoms. The molecule has 4 nitrogen and oxygen atoms in total. The number of nitrogen functional groups attached to an aromatic ring is 1. The van der Waals surface area contributed by atoms with Crippen molar-refractivity contribution in [2.75, 3.05) is 5.73 Å². The van der Waals surface area contributed by atoms with E-state index in [1.54, 1.807) is 45.0 Å². The number of rotatable bonds is 2. The van der Waals surface area contributed by atoms with Gasteiger partial charge < -0.3 is 5.73 Å². The monoisotopic (exact) mass is 209 g/mol. The van der Waals surface area contributed by atoms with E-state index < -0.39 is 11.6 Å². The summed E-state index contributed by atoms with van der Waals surface area (Å²) in [4.78, 5) is 21.0. The van der Waals surface area contributed by atoms with Crippen LogP contribution in [0.5, 0.6) is 0 Å². The van der Waals surface area contributed by atoms with Crippen molar-refractivity contribution in [3.05, 3.63) is 29.8 Å². The molecule has 1 rings (SSSR count). The molecule has 1 aromatic carbocycles. The average Bonchev–Trinajstić information content (AvgIpc) is 2.14. The molecule has 2 N–H and O–H groups in total.